The van der Waals surface area contributed by atoms with Crippen molar-refractivity contribution >= 4 is 29.9 Å². The van der Waals surface area contributed by atoms with Gasteiger partial charge in [0.05, 0.1) is 19.8 Å². The lowest BCUT2D eigenvalue weighted by atomic mass is 10.1. The van der Waals surface area contributed by atoms with E-state index >= 15 is 0 Å². The SMILES string of the molecule is CN=C(NCCCOc1ccccc1)N1CCC(COCc2ccccc2)C1.I. The number of likely N-dealkylation sites (tertiary alicyclic amines) is 1. The molecule has 0 saturated carbocycles. The first kappa shape index (κ1) is 23.5. The van der Waals surface area contributed by atoms with E-state index in [4.69, 9.17) is 9.47 Å². The second-order valence-electron chi connectivity index (χ2n) is 7.09. The zero-order valence-corrected chi connectivity index (χ0v) is 19.5. The highest BCUT2D eigenvalue weighted by molar-refractivity contribution is 14.0. The van der Waals surface area contributed by atoms with Crippen LogP contribution in [0, 0.1) is 5.92 Å². The van der Waals surface area contributed by atoms with Gasteiger partial charge in [-0.3, -0.25) is 4.99 Å². The highest BCUT2D eigenvalue weighted by atomic mass is 127. The number of ether oxygens (including phenoxy) is 2. The van der Waals surface area contributed by atoms with Gasteiger partial charge in [0, 0.05) is 32.6 Å². The summed E-state index contributed by atoms with van der Waals surface area (Å²) in [6.45, 7) is 5.06. The van der Waals surface area contributed by atoms with Gasteiger partial charge in [-0.1, -0.05) is 48.5 Å². The summed E-state index contributed by atoms with van der Waals surface area (Å²) in [5.41, 5.74) is 1.23. The fraction of sp³-hybridized carbons (Fsp3) is 0.435. The largest absolute Gasteiger partial charge is 0.494 e. The average molecular weight is 509 g/mol. The molecule has 0 spiro atoms. The maximum absolute atomic E-state index is 5.92. The van der Waals surface area contributed by atoms with Gasteiger partial charge >= 0.3 is 0 Å². The van der Waals surface area contributed by atoms with Gasteiger partial charge in [-0.05, 0) is 30.5 Å². The predicted molar refractivity (Wildman–Crippen MR) is 129 cm³/mol. The molecule has 158 valence electrons. The fourth-order valence-corrected chi connectivity index (χ4v) is 3.39. The molecular weight excluding hydrogens is 477 g/mol. The van der Waals surface area contributed by atoms with Crippen molar-refractivity contribution in [2.45, 2.75) is 19.4 Å². The topological polar surface area (TPSA) is 46.1 Å². The van der Waals surface area contributed by atoms with Crippen LogP contribution in [0.3, 0.4) is 0 Å². The minimum atomic E-state index is 0. The van der Waals surface area contributed by atoms with Gasteiger partial charge in [-0.15, -0.1) is 24.0 Å². The predicted octanol–water partition coefficient (Wildman–Crippen LogP) is 4.19. The zero-order valence-electron chi connectivity index (χ0n) is 17.1. The summed E-state index contributed by atoms with van der Waals surface area (Å²) < 4.78 is 11.7. The summed E-state index contributed by atoms with van der Waals surface area (Å²) in [6.07, 6.45) is 2.08. The molecule has 1 aliphatic heterocycles. The lowest BCUT2D eigenvalue weighted by Gasteiger charge is -2.21. The number of halogens is 1. The van der Waals surface area contributed by atoms with Gasteiger partial charge in [-0.2, -0.15) is 0 Å². The molecule has 0 aromatic heterocycles. The monoisotopic (exact) mass is 509 g/mol. The number of nitrogens with one attached hydrogen (secondary N) is 1. The van der Waals surface area contributed by atoms with Gasteiger partial charge in [0.15, 0.2) is 5.96 Å². The van der Waals surface area contributed by atoms with Crippen LogP contribution in [0.5, 0.6) is 5.75 Å². The molecular formula is C23H32IN3O2. The Bertz CT molecular complexity index is 713. The molecule has 2 aromatic rings. The molecule has 1 N–H and O–H groups in total. The smallest absolute Gasteiger partial charge is 0.193 e. The third-order valence-corrected chi connectivity index (χ3v) is 4.88. The van der Waals surface area contributed by atoms with E-state index in [0.717, 1.165) is 50.8 Å². The molecule has 1 fully saturated rings. The Labute approximate surface area is 191 Å². The molecule has 0 radical (unpaired) electrons. The number of rotatable bonds is 9. The number of para-hydroxylation sites is 1. The third kappa shape index (κ3) is 8.22. The van der Waals surface area contributed by atoms with E-state index in [1.54, 1.807) is 0 Å². The first-order chi connectivity index (χ1) is 13.8. The Morgan fingerprint density at radius 3 is 2.55 bits per heavy atom. The van der Waals surface area contributed by atoms with Crippen LogP contribution in [0.4, 0.5) is 0 Å². The number of benzene rings is 2. The van der Waals surface area contributed by atoms with Crippen LogP contribution in [-0.4, -0.2) is 50.8 Å². The molecule has 1 unspecified atom stereocenters. The van der Waals surface area contributed by atoms with Crippen LogP contribution in [0.25, 0.3) is 0 Å². The van der Waals surface area contributed by atoms with Gasteiger partial charge < -0.3 is 19.7 Å². The second kappa shape index (κ2) is 13.4. The molecule has 0 bridgehead atoms. The first-order valence-electron chi connectivity index (χ1n) is 10.1. The zero-order chi connectivity index (χ0) is 19.4. The van der Waals surface area contributed by atoms with Crippen LogP contribution >= 0.6 is 24.0 Å². The Balaban J connectivity index is 0.00000300. The second-order valence-corrected chi connectivity index (χ2v) is 7.09. The van der Waals surface area contributed by atoms with Crippen molar-refractivity contribution in [3.8, 4) is 5.75 Å². The van der Waals surface area contributed by atoms with E-state index in [2.05, 4.69) is 39.5 Å². The fourth-order valence-electron chi connectivity index (χ4n) is 3.39. The summed E-state index contributed by atoms with van der Waals surface area (Å²) in [7, 11) is 1.85. The summed E-state index contributed by atoms with van der Waals surface area (Å²) in [6, 6.07) is 20.3. The van der Waals surface area contributed by atoms with E-state index in [9.17, 15) is 0 Å². The lowest BCUT2D eigenvalue weighted by Crippen LogP contribution is -2.40. The third-order valence-electron chi connectivity index (χ3n) is 4.88. The molecule has 0 amide bonds. The maximum Gasteiger partial charge on any atom is 0.193 e. The molecule has 1 aliphatic rings. The van der Waals surface area contributed by atoms with Crippen LogP contribution in [0.2, 0.25) is 0 Å². The molecule has 1 heterocycles. The van der Waals surface area contributed by atoms with Crippen LogP contribution in [0.15, 0.2) is 65.7 Å². The summed E-state index contributed by atoms with van der Waals surface area (Å²) in [4.78, 5) is 6.77. The highest BCUT2D eigenvalue weighted by Crippen LogP contribution is 2.17. The van der Waals surface area contributed by atoms with E-state index in [0.29, 0.717) is 19.1 Å². The Hall–Kier alpha value is -1.80. The van der Waals surface area contributed by atoms with E-state index < -0.39 is 0 Å². The van der Waals surface area contributed by atoms with E-state index in [1.807, 2.05) is 43.4 Å². The molecule has 1 atom stereocenters. The molecule has 6 heteroatoms. The minimum absolute atomic E-state index is 0. The molecule has 1 saturated heterocycles. The van der Waals surface area contributed by atoms with E-state index in [1.165, 1.54) is 5.56 Å². The molecule has 0 aliphatic carbocycles. The van der Waals surface area contributed by atoms with Crippen molar-refractivity contribution in [2.24, 2.45) is 10.9 Å². The maximum atomic E-state index is 5.92. The normalized spacial score (nSPS) is 16.4. The highest BCUT2D eigenvalue weighted by Gasteiger charge is 2.24. The molecule has 3 rings (SSSR count). The van der Waals surface area contributed by atoms with Gasteiger partial charge in [0.25, 0.3) is 0 Å². The number of hydrogen-bond acceptors (Lipinski definition) is 3. The summed E-state index contributed by atoms with van der Waals surface area (Å²) in [5.74, 6) is 2.46. The first-order valence-corrected chi connectivity index (χ1v) is 10.1. The van der Waals surface area contributed by atoms with E-state index in [-0.39, 0.29) is 24.0 Å². The number of nitrogens with zero attached hydrogens (tertiary/aromatic N) is 2. The van der Waals surface area contributed by atoms with Gasteiger partial charge in [-0.25, -0.2) is 0 Å². The molecule has 2 aromatic carbocycles. The van der Waals surface area contributed by atoms with Gasteiger partial charge in [0.1, 0.15) is 5.75 Å². The quantitative estimate of drug-likeness (QED) is 0.239. The number of guanidine groups is 1. The Morgan fingerprint density at radius 1 is 1.10 bits per heavy atom. The van der Waals surface area contributed by atoms with Crippen molar-refractivity contribution in [1.82, 2.24) is 10.2 Å². The van der Waals surface area contributed by atoms with Crippen LogP contribution in [0.1, 0.15) is 18.4 Å². The lowest BCUT2D eigenvalue weighted by molar-refractivity contribution is 0.0906. The van der Waals surface area contributed by atoms with Crippen molar-refractivity contribution in [3.05, 3.63) is 66.2 Å². The molecule has 29 heavy (non-hydrogen) atoms. The summed E-state index contributed by atoms with van der Waals surface area (Å²) >= 11 is 0. The van der Waals surface area contributed by atoms with Crippen molar-refractivity contribution in [1.29, 1.82) is 0 Å². The van der Waals surface area contributed by atoms with Crippen LogP contribution < -0.4 is 10.1 Å². The standard InChI is InChI=1S/C23H31N3O2.HI/c1-24-23(25-14-8-16-28-22-11-6-3-7-12-22)26-15-13-21(17-26)19-27-18-20-9-4-2-5-10-20;/h2-7,9-12,21H,8,13-19H2,1H3,(H,24,25);1H. The van der Waals surface area contributed by atoms with Crippen molar-refractivity contribution in [3.63, 3.8) is 0 Å². The molecule has 5 nitrogen and oxygen atoms in total. The number of hydrogen-bond donors (Lipinski definition) is 1. The Morgan fingerprint density at radius 2 is 1.83 bits per heavy atom. The Kier molecular flexibility index (Phi) is 10.9. The van der Waals surface area contributed by atoms with Crippen molar-refractivity contribution in [2.75, 3.05) is 39.9 Å². The minimum Gasteiger partial charge on any atom is -0.494 e. The van der Waals surface area contributed by atoms with Crippen LogP contribution in [-0.2, 0) is 11.3 Å². The number of aliphatic imine (C=N–C) groups is 1. The van der Waals surface area contributed by atoms with Crippen molar-refractivity contribution < 1.29 is 9.47 Å². The summed E-state index contributed by atoms with van der Waals surface area (Å²) in [5, 5.41) is 3.46. The van der Waals surface area contributed by atoms with Gasteiger partial charge in [0.2, 0.25) is 0 Å². The average Bonchev–Trinajstić information content (AvgIpc) is 3.21.